The molecule has 1 saturated heterocycles. The molecule has 0 aromatic heterocycles. The molecule has 1 heterocycles. The van der Waals surface area contributed by atoms with Crippen LogP contribution in [0.1, 0.15) is 23.2 Å². The SMILES string of the molecule is O=C(Nc1ccc(F)c(F)c1)C1CCN(C(=O)c2ccc(Cl)cc2)CC1. The molecule has 1 N–H and O–H groups in total. The zero-order valence-corrected chi connectivity index (χ0v) is 14.6. The van der Waals surface area contributed by atoms with Crippen molar-refractivity contribution in [2.45, 2.75) is 12.8 Å². The van der Waals surface area contributed by atoms with Gasteiger partial charge in [-0.15, -0.1) is 0 Å². The zero-order valence-electron chi connectivity index (χ0n) is 13.8. The van der Waals surface area contributed by atoms with Gasteiger partial charge in [-0.05, 0) is 49.2 Å². The van der Waals surface area contributed by atoms with E-state index in [9.17, 15) is 18.4 Å². The number of carbonyl (C=O) groups is 2. The van der Waals surface area contributed by atoms with Crippen LogP contribution in [-0.2, 0) is 4.79 Å². The number of nitrogens with zero attached hydrogens (tertiary/aromatic N) is 1. The third-order valence-corrected chi connectivity index (χ3v) is 4.68. The van der Waals surface area contributed by atoms with Gasteiger partial charge in [0, 0.05) is 41.3 Å². The van der Waals surface area contributed by atoms with Gasteiger partial charge in [0.15, 0.2) is 11.6 Å². The fraction of sp³-hybridized carbons (Fsp3) is 0.263. The van der Waals surface area contributed by atoms with Gasteiger partial charge in [-0.2, -0.15) is 0 Å². The highest BCUT2D eigenvalue weighted by atomic mass is 35.5. The minimum Gasteiger partial charge on any atom is -0.339 e. The summed E-state index contributed by atoms with van der Waals surface area (Å²) in [6, 6.07) is 9.91. The molecule has 0 radical (unpaired) electrons. The second kappa shape index (κ2) is 7.83. The van der Waals surface area contributed by atoms with Crippen molar-refractivity contribution in [3.8, 4) is 0 Å². The lowest BCUT2D eigenvalue weighted by atomic mass is 9.95. The molecule has 1 aliphatic heterocycles. The summed E-state index contributed by atoms with van der Waals surface area (Å²) in [5, 5.41) is 3.16. The molecule has 3 rings (SSSR count). The van der Waals surface area contributed by atoms with Crippen LogP contribution < -0.4 is 5.32 Å². The summed E-state index contributed by atoms with van der Waals surface area (Å²) >= 11 is 5.83. The summed E-state index contributed by atoms with van der Waals surface area (Å²) in [6.07, 6.45) is 1.02. The van der Waals surface area contributed by atoms with E-state index in [1.807, 2.05) is 0 Å². The zero-order chi connectivity index (χ0) is 18.7. The first kappa shape index (κ1) is 18.3. The van der Waals surface area contributed by atoms with Gasteiger partial charge in [-0.25, -0.2) is 8.78 Å². The summed E-state index contributed by atoms with van der Waals surface area (Å²) in [5.41, 5.74) is 0.771. The van der Waals surface area contributed by atoms with E-state index in [1.165, 1.54) is 6.07 Å². The minimum atomic E-state index is -1.01. The van der Waals surface area contributed by atoms with E-state index in [1.54, 1.807) is 29.2 Å². The Morgan fingerprint density at radius 3 is 2.27 bits per heavy atom. The van der Waals surface area contributed by atoms with Crippen molar-refractivity contribution in [2.75, 3.05) is 18.4 Å². The number of anilines is 1. The van der Waals surface area contributed by atoms with E-state index in [0.717, 1.165) is 12.1 Å². The maximum Gasteiger partial charge on any atom is 0.253 e. The second-order valence-corrected chi connectivity index (χ2v) is 6.63. The normalized spacial score (nSPS) is 15.0. The largest absolute Gasteiger partial charge is 0.339 e. The quantitative estimate of drug-likeness (QED) is 0.873. The fourth-order valence-electron chi connectivity index (χ4n) is 2.94. The number of halogens is 3. The van der Waals surface area contributed by atoms with Gasteiger partial charge in [-0.3, -0.25) is 9.59 Å². The first-order chi connectivity index (χ1) is 12.4. The van der Waals surface area contributed by atoms with Gasteiger partial charge in [0.1, 0.15) is 0 Å². The van der Waals surface area contributed by atoms with E-state index < -0.39 is 11.6 Å². The molecule has 26 heavy (non-hydrogen) atoms. The molecule has 4 nitrogen and oxygen atoms in total. The van der Waals surface area contributed by atoms with Gasteiger partial charge in [0.25, 0.3) is 5.91 Å². The number of hydrogen-bond donors (Lipinski definition) is 1. The highest BCUT2D eigenvalue weighted by Crippen LogP contribution is 2.22. The molecule has 7 heteroatoms. The molecular weight excluding hydrogens is 362 g/mol. The molecule has 0 saturated carbocycles. The number of rotatable bonds is 3. The van der Waals surface area contributed by atoms with Crippen molar-refractivity contribution < 1.29 is 18.4 Å². The van der Waals surface area contributed by atoms with E-state index in [-0.39, 0.29) is 23.4 Å². The average molecular weight is 379 g/mol. The molecule has 1 aliphatic rings. The number of carbonyl (C=O) groups excluding carboxylic acids is 2. The Bertz CT molecular complexity index is 819. The molecule has 2 aromatic carbocycles. The lowest BCUT2D eigenvalue weighted by Gasteiger charge is -2.31. The molecule has 1 fully saturated rings. The average Bonchev–Trinajstić information content (AvgIpc) is 2.65. The maximum atomic E-state index is 13.2. The van der Waals surface area contributed by atoms with E-state index in [2.05, 4.69) is 5.32 Å². The highest BCUT2D eigenvalue weighted by molar-refractivity contribution is 6.30. The van der Waals surface area contributed by atoms with Crippen LogP contribution in [0.25, 0.3) is 0 Å². The molecule has 0 atom stereocenters. The van der Waals surface area contributed by atoms with Gasteiger partial charge < -0.3 is 10.2 Å². The lowest BCUT2D eigenvalue weighted by Crippen LogP contribution is -2.41. The Morgan fingerprint density at radius 1 is 1.00 bits per heavy atom. The number of benzene rings is 2. The van der Waals surface area contributed by atoms with E-state index >= 15 is 0 Å². The fourth-order valence-corrected chi connectivity index (χ4v) is 3.06. The first-order valence-electron chi connectivity index (χ1n) is 8.25. The molecular formula is C19H17ClF2N2O2. The van der Waals surface area contributed by atoms with Crippen LogP contribution in [0, 0.1) is 17.6 Å². The summed E-state index contributed by atoms with van der Waals surface area (Å²) in [5.74, 6) is -2.60. The lowest BCUT2D eigenvalue weighted by molar-refractivity contribution is -0.121. The summed E-state index contributed by atoms with van der Waals surface area (Å²) in [7, 11) is 0. The molecule has 0 unspecified atom stereocenters. The number of likely N-dealkylation sites (tertiary alicyclic amines) is 1. The van der Waals surface area contributed by atoms with Gasteiger partial charge in [-0.1, -0.05) is 11.6 Å². The predicted octanol–water partition coefficient (Wildman–Crippen LogP) is 4.11. The number of piperidine rings is 1. The van der Waals surface area contributed by atoms with Gasteiger partial charge in [0.2, 0.25) is 5.91 Å². The van der Waals surface area contributed by atoms with Crippen molar-refractivity contribution in [3.63, 3.8) is 0 Å². The second-order valence-electron chi connectivity index (χ2n) is 6.19. The summed E-state index contributed by atoms with van der Waals surface area (Å²) in [4.78, 5) is 26.5. The number of nitrogens with one attached hydrogen (secondary N) is 1. The Kier molecular flexibility index (Phi) is 5.52. The highest BCUT2D eigenvalue weighted by Gasteiger charge is 2.28. The third kappa shape index (κ3) is 4.19. The molecule has 136 valence electrons. The van der Waals surface area contributed by atoms with Crippen molar-refractivity contribution in [1.29, 1.82) is 0 Å². The van der Waals surface area contributed by atoms with Crippen LogP contribution in [0.2, 0.25) is 5.02 Å². The van der Waals surface area contributed by atoms with Crippen LogP contribution in [0.5, 0.6) is 0 Å². The van der Waals surface area contributed by atoms with E-state index in [4.69, 9.17) is 11.6 Å². The van der Waals surface area contributed by atoms with Crippen LogP contribution in [-0.4, -0.2) is 29.8 Å². The monoisotopic (exact) mass is 378 g/mol. The Hall–Kier alpha value is -2.47. The summed E-state index contributed by atoms with van der Waals surface area (Å²) in [6.45, 7) is 0.911. The van der Waals surface area contributed by atoms with Crippen LogP contribution in [0.4, 0.5) is 14.5 Å². The van der Waals surface area contributed by atoms with E-state index in [0.29, 0.717) is 36.5 Å². The molecule has 0 aliphatic carbocycles. The van der Waals surface area contributed by atoms with Crippen LogP contribution >= 0.6 is 11.6 Å². The van der Waals surface area contributed by atoms with Crippen molar-refractivity contribution in [3.05, 3.63) is 64.7 Å². The van der Waals surface area contributed by atoms with Crippen molar-refractivity contribution in [1.82, 2.24) is 4.90 Å². The summed E-state index contributed by atoms with van der Waals surface area (Å²) < 4.78 is 26.2. The van der Waals surface area contributed by atoms with Crippen molar-refractivity contribution in [2.24, 2.45) is 5.92 Å². The standard InChI is InChI=1S/C19H17ClF2N2O2/c20-14-3-1-13(2-4-14)19(26)24-9-7-12(8-10-24)18(25)23-15-5-6-16(21)17(22)11-15/h1-6,11-12H,7-10H2,(H,23,25). The van der Waals surface area contributed by atoms with Crippen LogP contribution in [0.15, 0.2) is 42.5 Å². The Labute approximate surface area is 154 Å². The van der Waals surface area contributed by atoms with Gasteiger partial charge in [0.05, 0.1) is 0 Å². The first-order valence-corrected chi connectivity index (χ1v) is 8.62. The smallest absolute Gasteiger partial charge is 0.253 e. The topological polar surface area (TPSA) is 49.4 Å². The van der Waals surface area contributed by atoms with Crippen LogP contribution in [0.3, 0.4) is 0 Å². The maximum absolute atomic E-state index is 13.2. The molecule has 2 amide bonds. The molecule has 0 spiro atoms. The molecule has 0 bridgehead atoms. The Morgan fingerprint density at radius 2 is 1.65 bits per heavy atom. The third-order valence-electron chi connectivity index (χ3n) is 4.43. The molecule has 2 aromatic rings. The minimum absolute atomic E-state index is 0.0962. The van der Waals surface area contributed by atoms with Gasteiger partial charge >= 0.3 is 0 Å². The predicted molar refractivity (Wildman–Crippen MR) is 95.1 cm³/mol. The Balaban J connectivity index is 1.55. The number of hydrogen-bond acceptors (Lipinski definition) is 2. The number of amides is 2. The van der Waals surface area contributed by atoms with Crippen molar-refractivity contribution >= 4 is 29.1 Å².